The topological polar surface area (TPSA) is 103 Å². The predicted octanol–water partition coefficient (Wildman–Crippen LogP) is 6.06. The van der Waals surface area contributed by atoms with Gasteiger partial charge < -0.3 is 14.5 Å². The standard InChI is InChI=1S/C30H34F2N8O2S/c1-6-40-27(39(12-11-31)28-35-25(22(18-33)43-28)20-7-9-21(32)10-8-20)26-24(36-40)19(2)17-23(34-26)37-13-15-38(16-14-37)29(41)42-30(3,4)5/h7-10,17H,6,11-16H2,1-5H3. The number of aryl methyl sites for hydroxylation is 2. The van der Waals surface area contributed by atoms with Crippen molar-refractivity contribution in [1.29, 1.82) is 5.26 Å². The van der Waals surface area contributed by atoms with Crippen LogP contribution in [0.1, 0.15) is 38.1 Å². The van der Waals surface area contributed by atoms with E-state index in [-0.39, 0.29) is 12.6 Å². The van der Waals surface area contributed by atoms with Gasteiger partial charge in [0.25, 0.3) is 0 Å². The van der Waals surface area contributed by atoms with E-state index in [0.717, 1.165) is 22.7 Å². The highest BCUT2D eigenvalue weighted by molar-refractivity contribution is 7.16. The van der Waals surface area contributed by atoms with Crippen LogP contribution >= 0.6 is 11.3 Å². The Balaban J connectivity index is 1.52. The van der Waals surface area contributed by atoms with Crippen LogP contribution in [-0.2, 0) is 11.3 Å². The van der Waals surface area contributed by atoms with Crippen LogP contribution in [0.3, 0.4) is 0 Å². The number of ether oxygens (including phenoxy) is 1. The summed E-state index contributed by atoms with van der Waals surface area (Å²) in [7, 11) is 0. The van der Waals surface area contributed by atoms with Gasteiger partial charge in [-0.15, -0.1) is 0 Å². The minimum atomic E-state index is -0.672. The minimum absolute atomic E-state index is 0.0262. The molecule has 1 amide bonds. The number of pyridine rings is 1. The highest BCUT2D eigenvalue weighted by Crippen LogP contribution is 2.39. The van der Waals surface area contributed by atoms with Crippen molar-refractivity contribution < 1.29 is 18.3 Å². The second-order valence-corrected chi connectivity index (χ2v) is 12.2. The lowest BCUT2D eigenvalue weighted by molar-refractivity contribution is 0.0240. The molecule has 226 valence electrons. The molecule has 0 spiro atoms. The Kier molecular flexibility index (Phi) is 8.50. The van der Waals surface area contributed by atoms with Gasteiger partial charge in [-0.25, -0.2) is 28.2 Å². The molecule has 5 rings (SSSR count). The summed E-state index contributed by atoms with van der Waals surface area (Å²) in [6.07, 6.45) is -0.333. The van der Waals surface area contributed by atoms with Crippen molar-refractivity contribution in [2.24, 2.45) is 0 Å². The van der Waals surface area contributed by atoms with E-state index in [4.69, 9.17) is 19.8 Å². The molecular weight excluding hydrogens is 574 g/mol. The SMILES string of the molecule is CCn1nc2c(C)cc(N3CCN(C(=O)OC(C)(C)C)CC3)nc2c1N(CCF)c1nc(-c2ccc(F)cc2)c(C#N)s1. The zero-order chi connectivity index (χ0) is 30.9. The third-order valence-electron chi connectivity index (χ3n) is 7.03. The Morgan fingerprint density at radius 2 is 1.84 bits per heavy atom. The highest BCUT2D eigenvalue weighted by Gasteiger charge is 2.29. The predicted molar refractivity (Wildman–Crippen MR) is 163 cm³/mol. The number of thiazole rings is 1. The molecule has 0 unspecified atom stereocenters. The summed E-state index contributed by atoms with van der Waals surface area (Å²) in [4.78, 5) is 28.2. The number of amides is 1. The van der Waals surface area contributed by atoms with Crippen LogP contribution in [-0.4, -0.2) is 75.7 Å². The van der Waals surface area contributed by atoms with E-state index in [1.807, 2.05) is 40.7 Å². The van der Waals surface area contributed by atoms with Crippen LogP contribution in [0.25, 0.3) is 22.3 Å². The van der Waals surface area contributed by atoms with Crippen molar-refractivity contribution in [2.75, 3.05) is 49.2 Å². The molecule has 1 aliphatic heterocycles. The van der Waals surface area contributed by atoms with Gasteiger partial charge in [0.15, 0.2) is 10.9 Å². The number of fused-ring (bicyclic) bond motifs is 1. The number of alkyl halides is 1. The third-order valence-corrected chi connectivity index (χ3v) is 8.01. The Morgan fingerprint density at radius 3 is 2.44 bits per heavy atom. The number of rotatable bonds is 7. The summed E-state index contributed by atoms with van der Waals surface area (Å²) < 4.78 is 35.0. The summed E-state index contributed by atoms with van der Waals surface area (Å²) in [5.74, 6) is 0.921. The lowest BCUT2D eigenvalue weighted by Crippen LogP contribution is -2.50. The minimum Gasteiger partial charge on any atom is -0.444 e. The zero-order valence-electron chi connectivity index (χ0n) is 24.9. The Morgan fingerprint density at radius 1 is 1.14 bits per heavy atom. The molecule has 0 N–H and O–H groups in total. The van der Waals surface area contributed by atoms with E-state index in [0.29, 0.717) is 70.8 Å². The average molecular weight is 609 g/mol. The number of anilines is 3. The molecule has 0 saturated carbocycles. The molecule has 10 nitrogen and oxygen atoms in total. The van der Waals surface area contributed by atoms with E-state index in [9.17, 15) is 18.8 Å². The fraction of sp³-hybridized carbons (Fsp3) is 0.433. The number of hydrogen-bond acceptors (Lipinski definition) is 9. The van der Waals surface area contributed by atoms with Gasteiger partial charge >= 0.3 is 6.09 Å². The lowest BCUT2D eigenvalue weighted by Gasteiger charge is -2.36. The molecule has 0 radical (unpaired) electrons. The van der Waals surface area contributed by atoms with Gasteiger partial charge in [-0.2, -0.15) is 10.4 Å². The van der Waals surface area contributed by atoms with Gasteiger partial charge in [-0.05, 0) is 70.5 Å². The van der Waals surface area contributed by atoms with Crippen molar-refractivity contribution in [1.82, 2.24) is 24.6 Å². The van der Waals surface area contributed by atoms with Gasteiger partial charge in [0, 0.05) is 38.3 Å². The fourth-order valence-corrected chi connectivity index (χ4v) is 5.91. The average Bonchev–Trinajstić information content (AvgIpc) is 3.57. The fourth-order valence-electron chi connectivity index (χ4n) is 5.00. The monoisotopic (exact) mass is 608 g/mol. The van der Waals surface area contributed by atoms with Crippen LogP contribution in [0.15, 0.2) is 30.3 Å². The van der Waals surface area contributed by atoms with Gasteiger partial charge in [0.2, 0.25) is 0 Å². The van der Waals surface area contributed by atoms with Gasteiger partial charge in [0.05, 0.1) is 6.54 Å². The van der Waals surface area contributed by atoms with Crippen LogP contribution in [0.4, 0.5) is 30.3 Å². The number of benzene rings is 1. The second-order valence-electron chi connectivity index (χ2n) is 11.2. The Bertz CT molecular complexity index is 1660. The first-order chi connectivity index (χ1) is 20.5. The van der Waals surface area contributed by atoms with Crippen LogP contribution < -0.4 is 9.80 Å². The molecule has 1 saturated heterocycles. The largest absolute Gasteiger partial charge is 0.444 e. The summed E-state index contributed by atoms with van der Waals surface area (Å²) >= 11 is 1.14. The lowest BCUT2D eigenvalue weighted by atomic mass is 10.1. The molecule has 0 aliphatic carbocycles. The number of carbonyl (C=O) groups excluding carboxylic acids is 1. The smallest absolute Gasteiger partial charge is 0.410 e. The van der Waals surface area contributed by atoms with Crippen LogP contribution in [0.5, 0.6) is 0 Å². The summed E-state index contributed by atoms with van der Waals surface area (Å²) in [5.41, 5.74) is 2.63. The molecule has 1 fully saturated rings. The number of carbonyl (C=O) groups is 1. The molecule has 0 bridgehead atoms. The normalized spacial score (nSPS) is 13.8. The number of halogens is 2. The van der Waals surface area contributed by atoms with Crippen molar-refractivity contribution in [3.05, 3.63) is 46.6 Å². The maximum Gasteiger partial charge on any atom is 0.410 e. The summed E-state index contributed by atoms with van der Waals surface area (Å²) in [6, 6.07) is 9.93. The van der Waals surface area contributed by atoms with E-state index >= 15 is 0 Å². The first-order valence-electron chi connectivity index (χ1n) is 14.1. The van der Waals surface area contributed by atoms with Crippen LogP contribution in [0, 0.1) is 24.1 Å². The van der Waals surface area contributed by atoms with E-state index < -0.39 is 18.1 Å². The molecular formula is C30H34F2N8O2S. The molecule has 4 aromatic rings. The van der Waals surface area contributed by atoms with Gasteiger partial charge in [-0.1, -0.05) is 11.3 Å². The summed E-state index contributed by atoms with van der Waals surface area (Å²) in [6.45, 7) is 11.4. The molecule has 1 aliphatic rings. The quantitative estimate of drug-likeness (QED) is 0.250. The molecule has 13 heteroatoms. The van der Waals surface area contributed by atoms with Gasteiger partial charge in [-0.3, -0.25) is 4.90 Å². The first-order valence-corrected chi connectivity index (χ1v) is 15.0. The van der Waals surface area contributed by atoms with Crippen molar-refractivity contribution in [3.8, 4) is 17.3 Å². The first kappa shape index (κ1) is 30.2. The number of aromatic nitrogens is 4. The van der Waals surface area contributed by atoms with Gasteiger partial charge in [0.1, 0.15) is 51.6 Å². The number of nitriles is 1. The van der Waals surface area contributed by atoms with Crippen LogP contribution in [0.2, 0.25) is 0 Å². The molecule has 43 heavy (non-hydrogen) atoms. The Labute approximate surface area is 253 Å². The van der Waals surface area contributed by atoms with E-state index in [1.165, 1.54) is 12.1 Å². The van der Waals surface area contributed by atoms with Crippen molar-refractivity contribution in [2.45, 2.75) is 46.8 Å². The maximum absolute atomic E-state index is 14.1. The third kappa shape index (κ3) is 6.24. The second kappa shape index (κ2) is 12.1. The maximum atomic E-state index is 14.1. The molecule has 4 heterocycles. The molecule has 3 aromatic heterocycles. The van der Waals surface area contributed by atoms with Crippen molar-refractivity contribution in [3.63, 3.8) is 0 Å². The molecule has 1 aromatic carbocycles. The number of hydrogen-bond donors (Lipinski definition) is 0. The number of piperazine rings is 1. The van der Waals surface area contributed by atoms with Crippen molar-refractivity contribution >= 4 is 45.2 Å². The zero-order valence-corrected chi connectivity index (χ0v) is 25.7. The summed E-state index contributed by atoms with van der Waals surface area (Å²) in [5, 5.41) is 15.1. The highest BCUT2D eigenvalue weighted by atomic mass is 32.1. The van der Waals surface area contributed by atoms with E-state index in [2.05, 4.69) is 11.0 Å². The Hall–Kier alpha value is -4.31. The molecule has 0 atom stereocenters. The number of nitrogens with zero attached hydrogens (tertiary/aromatic N) is 8. The van der Waals surface area contributed by atoms with E-state index in [1.54, 1.807) is 26.6 Å².